The van der Waals surface area contributed by atoms with Crippen LogP contribution in [0, 0.1) is 13.8 Å². The van der Waals surface area contributed by atoms with Gasteiger partial charge < -0.3 is 10.1 Å². The van der Waals surface area contributed by atoms with E-state index in [1.807, 2.05) is 29.7 Å². The molecule has 0 spiro atoms. The molecule has 0 aliphatic rings. The van der Waals surface area contributed by atoms with E-state index >= 15 is 0 Å². The van der Waals surface area contributed by atoms with E-state index in [-0.39, 0.29) is 18.3 Å². The van der Waals surface area contributed by atoms with Crippen LogP contribution in [0.3, 0.4) is 0 Å². The molecule has 2 rings (SSSR count). The summed E-state index contributed by atoms with van der Waals surface area (Å²) in [6.45, 7) is 7.70. The van der Waals surface area contributed by atoms with Crippen molar-refractivity contribution in [2.75, 3.05) is 12.4 Å². The molecule has 0 fully saturated rings. The van der Waals surface area contributed by atoms with Crippen LogP contribution < -0.4 is 5.32 Å². The summed E-state index contributed by atoms with van der Waals surface area (Å²) in [4.78, 5) is 23.5. The van der Waals surface area contributed by atoms with E-state index in [0.29, 0.717) is 5.16 Å². The van der Waals surface area contributed by atoms with E-state index in [1.54, 1.807) is 20.2 Å². The highest BCUT2D eigenvalue weighted by atomic mass is 32.2. The molecule has 1 heterocycles. The monoisotopic (exact) mass is 362 g/mol. The predicted molar refractivity (Wildman–Crippen MR) is 95.8 cm³/mol. The molecule has 1 amide bonds. The van der Waals surface area contributed by atoms with Gasteiger partial charge in [0.2, 0.25) is 5.91 Å². The number of carbonyl (C=O) groups is 2. The topological polar surface area (TPSA) is 86.1 Å². The molecule has 1 atom stereocenters. The number of ether oxygens (including phenoxy) is 1. The maximum Gasteiger partial charge on any atom is 0.328 e. The highest BCUT2D eigenvalue weighted by Crippen LogP contribution is 2.21. The summed E-state index contributed by atoms with van der Waals surface area (Å²) >= 11 is 1.26. The summed E-state index contributed by atoms with van der Waals surface area (Å²) in [5.41, 5.74) is 3.32. The van der Waals surface area contributed by atoms with E-state index in [2.05, 4.69) is 22.4 Å². The van der Waals surface area contributed by atoms with Gasteiger partial charge in [-0.25, -0.2) is 4.79 Å². The lowest BCUT2D eigenvalue weighted by Crippen LogP contribution is -2.40. The number of nitrogens with one attached hydrogen (secondary N) is 1. The molecule has 1 unspecified atom stereocenters. The number of benzene rings is 1. The Morgan fingerprint density at radius 1 is 1.32 bits per heavy atom. The third-order valence-corrected chi connectivity index (χ3v) is 4.58. The quantitative estimate of drug-likeness (QED) is 0.599. The largest absolute Gasteiger partial charge is 0.464 e. The predicted octanol–water partition coefficient (Wildman–Crippen LogP) is 2.04. The van der Waals surface area contributed by atoms with Crippen LogP contribution in [-0.2, 0) is 14.3 Å². The minimum absolute atomic E-state index is 0.132. The van der Waals surface area contributed by atoms with Crippen LogP contribution in [0.5, 0.6) is 0 Å². The van der Waals surface area contributed by atoms with Gasteiger partial charge in [0.1, 0.15) is 12.4 Å². The number of carbonyl (C=O) groups excluding carboxylic acids is 2. The fourth-order valence-electron chi connectivity index (χ4n) is 2.11. The van der Waals surface area contributed by atoms with Crippen molar-refractivity contribution in [3.8, 4) is 5.69 Å². The summed E-state index contributed by atoms with van der Waals surface area (Å²) in [7, 11) is 0. The van der Waals surface area contributed by atoms with E-state index in [1.165, 1.54) is 22.9 Å². The van der Waals surface area contributed by atoms with Gasteiger partial charge in [0.25, 0.3) is 0 Å². The summed E-state index contributed by atoms with van der Waals surface area (Å²) < 4.78 is 6.70. The molecule has 8 heteroatoms. The van der Waals surface area contributed by atoms with Gasteiger partial charge in [-0.3, -0.25) is 9.36 Å². The van der Waals surface area contributed by atoms with Gasteiger partial charge in [-0.1, -0.05) is 17.8 Å². The molecule has 1 N–H and O–H groups in total. The molecule has 1 aromatic heterocycles. The van der Waals surface area contributed by atoms with E-state index < -0.39 is 12.0 Å². The molecular weight excluding hydrogens is 340 g/mol. The van der Waals surface area contributed by atoms with Crippen LogP contribution >= 0.6 is 11.8 Å². The minimum Gasteiger partial charge on any atom is -0.464 e. The molecule has 1 aromatic carbocycles. The smallest absolute Gasteiger partial charge is 0.328 e. The van der Waals surface area contributed by atoms with Gasteiger partial charge >= 0.3 is 5.97 Å². The zero-order valence-corrected chi connectivity index (χ0v) is 15.6. The number of thioether (sulfide) groups is 1. The van der Waals surface area contributed by atoms with Gasteiger partial charge in [0.05, 0.1) is 12.4 Å². The second-order valence-corrected chi connectivity index (χ2v) is 6.52. The molecular formula is C17H22N4O3S. The van der Waals surface area contributed by atoms with Crippen molar-refractivity contribution in [3.63, 3.8) is 0 Å². The van der Waals surface area contributed by atoms with Crippen molar-refractivity contribution >= 4 is 23.6 Å². The maximum absolute atomic E-state index is 12.0. The third kappa shape index (κ3) is 5.06. The van der Waals surface area contributed by atoms with Crippen LogP contribution in [-0.4, -0.2) is 45.0 Å². The molecule has 0 aliphatic carbocycles. The number of amides is 1. The standard InChI is InChI=1S/C17H22N4O3S/c1-5-24-16(23)13(4)19-15(22)9-25-17-20-18-10-21(17)14-7-6-11(2)12(3)8-14/h6-8,10,13H,5,9H2,1-4H3,(H,19,22). The average molecular weight is 362 g/mol. The first-order chi connectivity index (χ1) is 11.9. The first kappa shape index (κ1) is 19.0. The molecule has 0 aliphatic heterocycles. The highest BCUT2D eigenvalue weighted by Gasteiger charge is 2.17. The minimum atomic E-state index is -0.675. The number of rotatable bonds is 7. The van der Waals surface area contributed by atoms with Crippen LogP contribution in [0.25, 0.3) is 5.69 Å². The molecule has 0 radical (unpaired) electrons. The van der Waals surface area contributed by atoms with Crippen LogP contribution in [0.2, 0.25) is 0 Å². The lowest BCUT2D eigenvalue weighted by molar-refractivity contribution is -0.146. The fourth-order valence-corrected chi connectivity index (χ4v) is 2.85. The Bertz CT molecular complexity index is 760. The molecule has 7 nitrogen and oxygen atoms in total. The van der Waals surface area contributed by atoms with Crippen LogP contribution in [0.15, 0.2) is 29.7 Å². The van der Waals surface area contributed by atoms with Crippen molar-refractivity contribution in [3.05, 3.63) is 35.7 Å². The molecule has 0 bridgehead atoms. The van der Waals surface area contributed by atoms with E-state index in [0.717, 1.165) is 5.69 Å². The Kier molecular flexibility index (Phi) is 6.58. The Hall–Kier alpha value is -2.35. The lowest BCUT2D eigenvalue weighted by Gasteiger charge is -2.12. The Balaban J connectivity index is 1.98. The summed E-state index contributed by atoms with van der Waals surface area (Å²) in [5, 5.41) is 11.2. The number of esters is 1. The van der Waals surface area contributed by atoms with Gasteiger partial charge in [0, 0.05) is 5.69 Å². The molecule has 2 aromatic rings. The summed E-state index contributed by atoms with van der Waals surface area (Å²) in [6.07, 6.45) is 1.62. The number of nitrogens with zero attached hydrogens (tertiary/aromatic N) is 3. The maximum atomic E-state index is 12.0. The average Bonchev–Trinajstić information content (AvgIpc) is 3.04. The molecule has 25 heavy (non-hydrogen) atoms. The fraction of sp³-hybridized carbons (Fsp3) is 0.412. The Morgan fingerprint density at radius 3 is 2.76 bits per heavy atom. The van der Waals surface area contributed by atoms with Crippen molar-refractivity contribution in [1.29, 1.82) is 0 Å². The molecule has 0 saturated carbocycles. The first-order valence-electron chi connectivity index (χ1n) is 7.98. The zero-order valence-electron chi connectivity index (χ0n) is 14.8. The van der Waals surface area contributed by atoms with Gasteiger partial charge in [-0.05, 0) is 51.0 Å². The Morgan fingerprint density at radius 2 is 2.08 bits per heavy atom. The van der Waals surface area contributed by atoms with E-state index in [9.17, 15) is 9.59 Å². The number of aryl methyl sites for hydroxylation is 2. The van der Waals surface area contributed by atoms with Gasteiger partial charge in [0.15, 0.2) is 5.16 Å². The SMILES string of the molecule is CCOC(=O)C(C)NC(=O)CSc1nncn1-c1ccc(C)c(C)c1. The first-order valence-corrected chi connectivity index (χ1v) is 8.97. The van der Waals surface area contributed by atoms with E-state index in [4.69, 9.17) is 4.74 Å². The van der Waals surface area contributed by atoms with Crippen LogP contribution in [0.1, 0.15) is 25.0 Å². The number of hydrogen-bond donors (Lipinski definition) is 1. The normalized spacial score (nSPS) is 11.8. The number of aromatic nitrogens is 3. The Labute approximate surface area is 151 Å². The second kappa shape index (κ2) is 8.66. The van der Waals surface area contributed by atoms with Crippen molar-refractivity contribution in [2.45, 2.75) is 38.9 Å². The molecule has 0 saturated heterocycles. The van der Waals surface area contributed by atoms with Crippen LogP contribution in [0.4, 0.5) is 0 Å². The number of hydrogen-bond acceptors (Lipinski definition) is 6. The lowest BCUT2D eigenvalue weighted by atomic mass is 10.1. The highest BCUT2D eigenvalue weighted by molar-refractivity contribution is 7.99. The second-order valence-electron chi connectivity index (χ2n) is 5.58. The van der Waals surface area contributed by atoms with Crippen molar-refractivity contribution in [2.24, 2.45) is 0 Å². The third-order valence-electron chi connectivity index (χ3n) is 3.64. The zero-order chi connectivity index (χ0) is 18.4. The van der Waals surface area contributed by atoms with Gasteiger partial charge in [-0.2, -0.15) is 0 Å². The van der Waals surface area contributed by atoms with Crippen molar-refractivity contribution in [1.82, 2.24) is 20.1 Å². The summed E-state index contributed by atoms with van der Waals surface area (Å²) in [5.74, 6) is -0.577. The van der Waals surface area contributed by atoms with Crippen molar-refractivity contribution < 1.29 is 14.3 Å². The molecule has 134 valence electrons. The van der Waals surface area contributed by atoms with Gasteiger partial charge in [-0.15, -0.1) is 10.2 Å². The summed E-state index contributed by atoms with van der Waals surface area (Å²) in [6, 6.07) is 5.39.